The van der Waals surface area contributed by atoms with Gasteiger partial charge in [-0.2, -0.15) is 0 Å². The van der Waals surface area contributed by atoms with Crippen molar-refractivity contribution in [1.29, 1.82) is 0 Å². The van der Waals surface area contributed by atoms with Crippen LogP contribution in [0.4, 0.5) is 10.5 Å². The maximum atomic E-state index is 12.2. The molecule has 7 nitrogen and oxygen atoms in total. The molecule has 0 bridgehead atoms. The van der Waals surface area contributed by atoms with Crippen LogP contribution in [0, 0.1) is 0 Å². The number of nitrogen functional groups attached to an aromatic ring is 1. The monoisotopic (exact) mass is 427 g/mol. The molecule has 1 amide bonds. The van der Waals surface area contributed by atoms with Crippen LogP contribution in [0.1, 0.15) is 43.1 Å². The van der Waals surface area contributed by atoms with Crippen molar-refractivity contribution in [2.24, 2.45) is 0 Å². The first kappa shape index (κ1) is 20.5. The molecule has 0 aliphatic carbocycles. The van der Waals surface area contributed by atoms with Gasteiger partial charge in [0, 0.05) is 42.9 Å². The SMILES string of the molecule is CN(C(=O)OC(C)(C)C)C1CCN(Cc2cc(N)c(C(=O)O)cc2Br)C1. The van der Waals surface area contributed by atoms with Crippen molar-refractivity contribution in [3.63, 3.8) is 0 Å². The quantitative estimate of drug-likeness (QED) is 0.716. The number of carboxylic acids is 1. The molecule has 2 rings (SSSR count). The first-order valence-electron chi connectivity index (χ1n) is 8.47. The Labute approximate surface area is 162 Å². The molecule has 1 unspecified atom stereocenters. The van der Waals surface area contributed by atoms with Crippen LogP contribution in [0.3, 0.4) is 0 Å². The maximum Gasteiger partial charge on any atom is 0.410 e. The number of likely N-dealkylation sites (N-methyl/N-ethyl adjacent to an activating group) is 1. The number of rotatable bonds is 4. The van der Waals surface area contributed by atoms with E-state index in [2.05, 4.69) is 20.8 Å². The van der Waals surface area contributed by atoms with Gasteiger partial charge in [0.2, 0.25) is 0 Å². The van der Waals surface area contributed by atoms with E-state index >= 15 is 0 Å². The summed E-state index contributed by atoms with van der Waals surface area (Å²) in [6.07, 6.45) is 0.538. The molecule has 0 aromatic heterocycles. The molecule has 1 aliphatic heterocycles. The van der Waals surface area contributed by atoms with E-state index in [0.717, 1.165) is 25.1 Å². The van der Waals surface area contributed by atoms with Crippen molar-refractivity contribution >= 4 is 33.7 Å². The number of carboxylic acid groups (broad SMARTS) is 1. The van der Waals surface area contributed by atoms with Gasteiger partial charge in [-0.3, -0.25) is 4.90 Å². The van der Waals surface area contributed by atoms with E-state index in [-0.39, 0.29) is 23.4 Å². The standard InChI is InChI=1S/C18H26BrN3O4/c1-18(2,3)26-17(25)21(4)12-5-6-22(10-12)9-11-7-15(20)13(16(23)24)8-14(11)19/h7-8,12H,5-6,9-10,20H2,1-4H3,(H,23,24). The van der Waals surface area contributed by atoms with Crippen molar-refractivity contribution in [3.05, 3.63) is 27.7 Å². The van der Waals surface area contributed by atoms with E-state index in [1.54, 1.807) is 18.0 Å². The second-order valence-corrected chi connectivity index (χ2v) is 8.46. The van der Waals surface area contributed by atoms with Crippen LogP contribution < -0.4 is 5.73 Å². The molecule has 1 aromatic carbocycles. The Morgan fingerprint density at radius 1 is 1.42 bits per heavy atom. The van der Waals surface area contributed by atoms with Gasteiger partial charge in [0.15, 0.2) is 0 Å². The number of ether oxygens (including phenoxy) is 1. The Balaban J connectivity index is 2.00. The summed E-state index contributed by atoms with van der Waals surface area (Å²) < 4.78 is 6.14. The zero-order valence-electron chi connectivity index (χ0n) is 15.6. The van der Waals surface area contributed by atoms with Gasteiger partial charge in [0.25, 0.3) is 0 Å². The average Bonchev–Trinajstić information content (AvgIpc) is 2.96. The minimum Gasteiger partial charge on any atom is -0.478 e. The van der Waals surface area contributed by atoms with Gasteiger partial charge >= 0.3 is 12.1 Å². The minimum absolute atomic E-state index is 0.0827. The number of carbonyl (C=O) groups excluding carboxylic acids is 1. The summed E-state index contributed by atoms with van der Waals surface area (Å²) in [5.74, 6) is -1.05. The lowest BCUT2D eigenvalue weighted by Gasteiger charge is -2.28. The molecule has 0 radical (unpaired) electrons. The highest BCUT2D eigenvalue weighted by Crippen LogP contribution is 2.27. The van der Waals surface area contributed by atoms with Crippen molar-refractivity contribution in [3.8, 4) is 0 Å². The fraction of sp³-hybridized carbons (Fsp3) is 0.556. The Morgan fingerprint density at radius 3 is 2.65 bits per heavy atom. The van der Waals surface area contributed by atoms with Crippen molar-refractivity contribution in [2.45, 2.75) is 45.4 Å². The second-order valence-electron chi connectivity index (χ2n) is 7.60. The van der Waals surface area contributed by atoms with Crippen LogP contribution in [0.15, 0.2) is 16.6 Å². The van der Waals surface area contributed by atoms with E-state index in [0.29, 0.717) is 11.0 Å². The second kappa shape index (κ2) is 7.84. The van der Waals surface area contributed by atoms with Crippen LogP contribution in [-0.4, -0.2) is 58.7 Å². The Morgan fingerprint density at radius 2 is 2.08 bits per heavy atom. The smallest absolute Gasteiger partial charge is 0.410 e. The van der Waals surface area contributed by atoms with Crippen LogP contribution >= 0.6 is 15.9 Å². The molecule has 1 heterocycles. The molecular formula is C18H26BrN3O4. The number of carbonyl (C=O) groups is 2. The third-order valence-corrected chi connectivity index (χ3v) is 5.06. The molecule has 0 saturated carbocycles. The highest BCUT2D eigenvalue weighted by molar-refractivity contribution is 9.10. The lowest BCUT2D eigenvalue weighted by atomic mass is 10.1. The molecule has 0 spiro atoms. The first-order chi connectivity index (χ1) is 12.0. The summed E-state index contributed by atoms with van der Waals surface area (Å²) in [6, 6.07) is 3.31. The van der Waals surface area contributed by atoms with Crippen molar-refractivity contribution < 1.29 is 19.4 Å². The molecular weight excluding hydrogens is 402 g/mol. The third-order valence-electron chi connectivity index (χ3n) is 4.32. The average molecular weight is 428 g/mol. The van der Waals surface area contributed by atoms with Gasteiger partial charge in [-0.05, 0) is 44.9 Å². The Bertz CT molecular complexity index is 702. The lowest BCUT2D eigenvalue weighted by Crippen LogP contribution is -2.42. The predicted octanol–water partition coefficient (Wildman–Crippen LogP) is 3.17. The van der Waals surface area contributed by atoms with Gasteiger partial charge < -0.3 is 20.5 Å². The molecule has 1 aliphatic rings. The summed E-state index contributed by atoms with van der Waals surface area (Å²) in [7, 11) is 1.76. The number of nitrogens with two attached hydrogens (primary N) is 1. The highest BCUT2D eigenvalue weighted by atomic mass is 79.9. The highest BCUT2D eigenvalue weighted by Gasteiger charge is 2.31. The van der Waals surface area contributed by atoms with Gasteiger partial charge in [-0.25, -0.2) is 9.59 Å². The largest absolute Gasteiger partial charge is 0.478 e. The van der Waals surface area contributed by atoms with Crippen LogP contribution in [-0.2, 0) is 11.3 Å². The Kier molecular flexibility index (Phi) is 6.18. The van der Waals surface area contributed by atoms with Gasteiger partial charge in [0.05, 0.1) is 5.56 Å². The molecule has 26 heavy (non-hydrogen) atoms. The number of hydrogen-bond donors (Lipinski definition) is 2. The van der Waals surface area contributed by atoms with Crippen LogP contribution in [0.2, 0.25) is 0 Å². The van der Waals surface area contributed by atoms with Gasteiger partial charge in [0.1, 0.15) is 5.60 Å². The first-order valence-corrected chi connectivity index (χ1v) is 9.26. The number of nitrogens with zero attached hydrogens (tertiary/aromatic N) is 2. The zero-order valence-corrected chi connectivity index (χ0v) is 17.2. The van der Waals surface area contributed by atoms with Crippen molar-refractivity contribution in [1.82, 2.24) is 9.80 Å². The van der Waals surface area contributed by atoms with E-state index in [1.807, 2.05) is 20.8 Å². The predicted molar refractivity (Wildman–Crippen MR) is 103 cm³/mol. The van der Waals surface area contributed by atoms with E-state index < -0.39 is 11.6 Å². The summed E-state index contributed by atoms with van der Waals surface area (Å²) in [6.45, 7) is 7.74. The van der Waals surface area contributed by atoms with Gasteiger partial charge in [-0.1, -0.05) is 15.9 Å². The third kappa shape index (κ3) is 5.11. The summed E-state index contributed by atoms with van der Waals surface area (Å²) in [5, 5.41) is 9.13. The van der Waals surface area contributed by atoms with Crippen molar-refractivity contribution in [2.75, 3.05) is 25.9 Å². The maximum absolute atomic E-state index is 12.2. The normalized spacial score (nSPS) is 18.0. The van der Waals surface area contributed by atoms with E-state index in [4.69, 9.17) is 15.6 Å². The fourth-order valence-electron chi connectivity index (χ4n) is 2.94. The molecule has 1 aromatic rings. The summed E-state index contributed by atoms with van der Waals surface area (Å²) in [5.41, 5.74) is 6.59. The number of anilines is 1. The van der Waals surface area contributed by atoms with Gasteiger partial charge in [-0.15, -0.1) is 0 Å². The number of hydrogen-bond acceptors (Lipinski definition) is 5. The molecule has 1 atom stereocenters. The number of aromatic carboxylic acids is 1. The summed E-state index contributed by atoms with van der Waals surface area (Å²) in [4.78, 5) is 27.2. The lowest BCUT2D eigenvalue weighted by molar-refractivity contribution is 0.0228. The molecule has 1 fully saturated rings. The van der Waals surface area contributed by atoms with Crippen LogP contribution in [0.25, 0.3) is 0 Å². The minimum atomic E-state index is -1.05. The molecule has 1 saturated heterocycles. The van der Waals surface area contributed by atoms with E-state index in [1.165, 1.54) is 6.07 Å². The number of amides is 1. The topological polar surface area (TPSA) is 96.1 Å². The molecule has 144 valence electrons. The molecule has 8 heteroatoms. The van der Waals surface area contributed by atoms with E-state index in [9.17, 15) is 9.59 Å². The Hall–Kier alpha value is -1.80. The fourth-order valence-corrected chi connectivity index (χ4v) is 3.41. The summed E-state index contributed by atoms with van der Waals surface area (Å²) >= 11 is 3.43. The molecule has 3 N–H and O–H groups in total. The zero-order chi connectivity index (χ0) is 19.6. The number of benzene rings is 1. The van der Waals surface area contributed by atoms with Crippen LogP contribution in [0.5, 0.6) is 0 Å². The number of halogens is 1. The number of likely N-dealkylation sites (tertiary alicyclic amines) is 1.